The number of esters is 1. The lowest BCUT2D eigenvalue weighted by Crippen LogP contribution is -2.38. The van der Waals surface area contributed by atoms with Crippen LogP contribution in [0.3, 0.4) is 0 Å². The number of carbonyl (C=O) groups is 1. The molecule has 1 atom stereocenters. The van der Waals surface area contributed by atoms with Crippen molar-refractivity contribution in [1.82, 2.24) is 30.8 Å². The lowest BCUT2D eigenvalue weighted by Gasteiger charge is -2.15. The molecule has 1 unspecified atom stereocenters. The Kier molecular flexibility index (Phi) is 9.43. The molecule has 0 spiro atoms. The highest BCUT2D eigenvalue weighted by atomic mass is 127. The molecule has 31 heavy (non-hydrogen) atoms. The number of guanidine groups is 1. The standard InChI is InChI=1S/C19H25N7O3S.HI/c1-5-20-19(21-10-14-24-16(26-25-14)13-8-7-9-29-13)23-12(4)17-22-11(3)15(30-17)18(27)28-6-2;/h7-9,12H,5-6,10H2,1-4H3,(H2,20,21,23)(H,24,25,26);1H. The van der Waals surface area contributed by atoms with E-state index in [0.29, 0.717) is 53.6 Å². The maximum Gasteiger partial charge on any atom is 0.350 e. The first kappa shape index (κ1) is 24.8. The highest BCUT2D eigenvalue weighted by Gasteiger charge is 2.20. The number of aromatic nitrogens is 4. The molecule has 0 saturated carbocycles. The van der Waals surface area contributed by atoms with E-state index in [0.717, 1.165) is 5.01 Å². The van der Waals surface area contributed by atoms with E-state index < -0.39 is 0 Å². The predicted molar refractivity (Wildman–Crippen MR) is 129 cm³/mol. The molecule has 0 amide bonds. The minimum atomic E-state index is -0.343. The maximum atomic E-state index is 12.0. The van der Waals surface area contributed by atoms with Crippen molar-refractivity contribution in [3.63, 3.8) is 0 Å². The van der Waals surface area contributed by atoms with Crippen molar-refractivity contribution in [3.8, 4) is 11.6 Å². The van der Waals surface area contributed by atoms with Crippen LogP contribution >= 0.6 is 35.3 Å². The zero-order valence-corrected chi connectivity index (χ0v) is 20.9. The molecule has 0 aromatic carbocycles. The topological polar surface area (TPSA) is 130 Å². The summed E-state index contributed by atoms with van der Waals surface area (Å²) in [5, 5.41) is 14.3. The number of carbonyl (C=O) groups excluding carboxylic acids is 1. The van der Waals surface area contributed by atoms with E-state index in [2.05, 4.69) is 35.8 Å². The smallest absolute Gasteiger partial charge is 0.350 e. The summed E-state index contributed by atoms with van der Waals surface area (Å²) in [5.41, 5.74) is 0.663. The highest BCUT2D eigenvalue weighted by molar-refractivity contribution is 14.0. The van der Waals surface area contributed by atoms with Crippen LogP contribution in [-0.4, -0.2) is 45.2 Å². The summed E-state index contributed by atoms with van der Waals surface area (Å²) in [6, 6.07) is 3.43. The molecule has 0 saturated heterocycles. The van der Waals surface area contributed by atoms with Crippen LogP contribution in [0.4, 0.5) is 0 Å². The largest absolute Gasteiger partial charge is 0.462 e. The van der Waals surface area contributed by atoms with Crippen molar-refractivity contribution in [2.45, 2.75) is 40.3 Å². The minimum absolute atomic E-state index is 0. The average molecular weight is 559 g/mol. The van der Waals surface area contributed by atoms with Crippen molar-refractivity contribution < 1.29 is 13.9 Å². The molecule has 0 aliphatic heterocycles. The summed E-state index contributed by atoms with van der Waals surface area (Å²) >= 11 is 1.32. The Labute approximate surface area is 201 Å². The maximum absolute atomic E-state index is 12.0. The molecule has 3 aromatic heterocycles. The van der Waals surface area contributed by atoms with E-state index >= 15 is 0 Å². The first-order chi connectivity index (χ1) is 14.5. The Balaban J connectivity index is 0.00000341. The second-order valence-corrected chi connectivity index (χ2v) is 7.36. The van der Waals surface area contributed by atoms with Crippen LogP contribution in [0.25, 0.3) is 11.6 Å². The van der Waals surface area contributed by atoms with Crippen LogP contribution in [0.5, 0.6) is 0 Å². The van der Waals surface area contributed by atoms with E-state index in [4.69, 9.17) is 9.15 Å². The molecule has 12 heteroatoms. The molecule has 0 bridgehead atoms. The van der Waals surface area contributed by atoms with Gasteiger partial charge in [0.2, 0.25) is 5.82 Å². The van der Waals surface area contributed by atoms with Crippen molar-refractivity contribution in [2.24, 2.45) is 4.99 Å². The normalized spacial score (nSPS) is 12.2. The minimum Gasteiger partial charge on any atom is -0.462 e. The van der Waals surface area contributed by atoms with Crippen molar-refractivity contribution in [1.29, 1.82) is 0 Å². The summed E-state index contributed by atoms with van der Waals surface area (Å²) in [6.07, 6.45) is 1.58. The fourth-order valence-corrected chi connectivity index (χ4v) is 3.57. The molecule has 0 radical (unpaired) electrons. The number of nitrogens with one attached hydrogen (secondary N) is 3. The number of aromatic amines is 1. The molecular formula is C19H26IN7O3S. The van der Waals surface area contributed by atoms with Gasteiger partial charge in [-0.05, 0) is 39.8 Å². The number of halogens is 1. The van der Waals surface area contributed by atoms with E-state index in [1.807, 2.05) is 13.8 Å². The fraction of sp³-hybridized carbons (Fsp3) is 0.421. The first-order valence-corrected chi connectivity index (χ1v) is 10.5. The Morgan fingerprint density at radius 1 is 1.39 bits per heavy atom. The molecule has 10 nitrogen and oxygen atoms in total. The van der Waals surface area contributed by atoms with Gasteiger partial charge < -0.3 is 19.8 Å². The Bertz CT molecular complexity index is 1000. The van der Waals surface area contributed by atoms with Gasteiger partial charge in [-0.25, -0.2) is 19.8 Å². The van der Waals surface area contributed by atoms with Crippen LogP contribution < -0.4 is 10.6 Å². The molecular weight excluding hydrogens is 533 g/mol. The number of hydrogen-bond acceptors (Lipinski definition) is 8. The molecule has 3 rings (SSSR count). The number of aliphatic imine (C=N–C) groups is 1. The zero-order valence-electron chi connectivity index (χ0n) is 17.8. The zero-order chi connectivity index (χ0) is 21.5. The van der Waals surface area contributed by atoms with E-state index in [-0.39, 0.29) is 36.0 Å². The Hall–Kier alpha value is -2.48. The quantitative estimate of drug-likeness (QED) is 0.166. The van der Waals surface area contributed by atoms with E-state index in [1.54, 1.807) is 32.2 Å². The molecule has 3 heterocycles. The van der Waals surface area contributed by atoms with Crippen LogP contribution in [0.1, 0.15) is 53.0 Å². The summed E-state index contributed by atoms with van der Waals surface area (Å²) in [5.74, 6) is 1.95. The third-order valence-corrected chi connectivity index (χ3v) is 5.32. The number of ether oxygens (including phenoxy) is 1. The third kappa shape index (κ3) is 6.50. The first-order valence-electron chi connectivity index (χ1n) is 9.66. The van der Waals surface area contributed by atoms with Gasteiger partial charge in [-0.15, -0.1) is 40.4 Å². The third-order valence-electron chi connectivity index (χ3n) is 4.00. The number of nitrogens with zero attached hydrogens (tertiary/aromatic N) is 4. The van der Waals surface area contributed by atoms with Crippen molar-refractivity contribution in [3.05, 3.63) is 39.8 Å². The number of thiazole rings is 1. The van der Waals surface area contributed by atoms with Gasteiger partial charge in [0.25, 0.3) is 0 Å². The molecule has 3 aromatic rings. The fourth-order valence-electron chi connectivity index (χ4n) is 2.61. The highest BCUT2D eigenvalue weighted by Crippen LogP contribution is 2.24. The summed E-state index contributed by atoms with van der Waals surface area (Å²) in [6.45, 7) is 8.86. The van der Waals surface area contributed by atoms with Gasteiger partial charge in [-0.2, -0.15) is 0 Å². The van der Waals surface area contributed by atoms with Crippen LogP contribution in [0.2, 0.25) is 0 Å². The van der Waals surface area contributed by atoms with Gasteiger partial charge in [-0.3, -0.25) is 5.10 Å². The number of aryl methyl sites for hydroxylation is 1. The molecule has 0 aliphatic rings. The molecule has 3 N–H and O–H groups in total. The number of H-pyrrole nitrogens is 1. The van der Waals surface area contributed by atoms with Gasteiger partial charge in [0.15, 0.2) is 11.7 Å². The van der Waals surface area contributed by atoms with Gasteiger partial charge in [0.1, 0.15) is 22.3 Å². The molecule has 0 aliphatic carbocycles. The van der Waals surface area contributed by atoms with Gasteiger partial charge in [0, 0.05) is 6.54 Å². The lowest BCUT2D eigenvalue weighted by molar-refractivity contribution is 0.0531. The SMILES string of the molecule is CCNC(=NCc1nc(-c2ccco2)n[nH]1)NC(C)c1nc(C)c(C(=O)OCC)s1.I. The van der Waals surface area contributed by atoms with Crippen LogP contribution in [-0.2, 0) is 11.3 Å². The van der Waals surface area contributed by atoms with Crippen LogP contribution in [0.15, 0.2) is 27.8 Å². The van der Waals surface area contributed by atoms with Gasteiger partial charge in [0.05, 0.1) is 24.6 Å². The van der Waals surface area contributed by atoms with Gasteiger partial charge in [-0.1, -0.05) is 0 Å². The second kappa shape index (κ2) is 11.8. The van der Waals surface area contributed by atoms with E-state index in [9.17, 15) is 4.79 Å². The van der Waals surface area contributed by atoms with E-state index in [1.165, 1.54) is 11.3 Å². The van der Waals surface area contributed by atoms with Crippen LogP contribution in [0, 0.1) is 6.92 Å². The van der Waals surface area contributed by atoms with Gasteiger partial charge >= 0.3 is 5.97 Å². The average Bonchev–Trinajstić information content (AvgIpc) is 3.46. The van der Waals surface area contributed by atoms with Crippen molar-refractivity contribution >= 4 is 47.2 Å². The number of rotatable bonds is 8. The summed E-state index contributed by atoms with van der Waals surface area (Å²) in [7, 11) is 0. The van der Waals surface area contributed by atoms with Crippen molar-refractivity contribution in [2.75, 3.05) is 13.2 Å². The number of furan rings is 1. The second-order valence-electron chi connectivity index (χ2n) is 6.33. The monoisotopic (exact) mass is 559 g/mol. The summed E-state index contributed by atoms with van der Waals surface area (Å²) in [4.78, 5) is 26.0. The molecule has 0 fully saturated rings. The lowest BCUT2D eigenvalue weighted by atomic mass is 10.3. The number of hydrogen-bond donors (Lipinski definition) is 3. The summed E-state index contributed by atoms with van der Waals surface area (Å²) < 4.78 is 10.4. The Morgan fingerprint density at radius 3 is 2.87 bits per heavy atom. The molecule has 168 valence electrons. The Morgan fingerprint density at radius 2 is 2.19 bits per heavy atom. The predicted octanol–water partition coefficient (Wildman–Crippen LogP) is 3.44.